The standard InChI is InChI=1S/C11H13N3O2S2/c1-11-3-2-8(15)14(11)7(6-18-11)9(16)13-10-12-4-5-17-10/h4-5,7H,2-3,6H2,1H3,(H,12,13,16)/t7-,11+/m0/s1. The monoisotopic (exact) mass is 283 g/mol. The van der Waals surface area contributed by atoms with Crippen molar-refractivity contribution in [2.75, 3.05) is 11.1 Å². The van der Waals surface area contributed by atoms with Crippen LogP contribution >= 0.6 is 23.1 Å². The van der Waals surface area contributed by atoms with Gasteiger partial charge in [-0.3, -0.25) is 9.59 Å². The first kappa shape index (κ1) is 12.0. The van der Waals surface area contributed by atoms with Gasteiger partial charge in [-0.2, -0.15) is 0 Å². The minimum Gasteiger partial charge on any atom is -0.315 e. The number of carbonyl (C=O) groups excluding carboxylic acids is 2. The normalized spacial score (nSPS) is 30.6. The maximum absolute atomic E-state index is 12.2. The maximum atomic E-state index is 12.2. The molecule has 0 unspecified atom stereocenters. The molecule has 2 saturated heterocycles. The van der Waals surface area contributed by atoms with Gasteiger partial charge in [0.1, 0.15) is 6.04 Å². The average Bonchev–Trinajstić information content (AvgIpc) is 2.99. The predicted molar refractivity (Wildman–Crippen MR) is 71.5 cm³/mol. The lowest BCUT2D eigenvalue weighted by atomic mass is 10.2. The summed E-state index contributed by atoms with van der Waals surface area (Å²) >= 11 is 3.08. The Morgan fingerprint density at radius 3 is 3.22 bits per heavy atom. The highest BCUT2D eigenvalue weighted by Gasteiger charge is 2.52. The highest BCUT2D eigenvalue weighted by Crippen LogP contribution is 2.47. The Morgan fingerprint density at radius 1 is 1.67 bits per heavy atom. The highest BCUT2D eigenvalue weighted by atomic mass is 32.2. The second kappa shape index (κ2) is 4.24. The van der Waals surface area contributed by atoms with Crippen LogP contribution in [0, 0.1) is 0 Å². The van der Waals surface area contributed by atoms with Crippen LogP contribution in [-0.2, 0) is 9.59 Å². The van der Waals surface area contributed by atoms with Crippen LogP contribution in [0.3, 0.4) is 0 Å². The molecular formula is C11H13N3O2S2. The van der Waals surface area contributed by atoms with Crippen molar-refractivity contribution in [2.45, 2.75) is 30.7 Å². The van der Waals surface area contributed by atoms with Crippen LogP contribution in [0.1, 0.15) is 19.8 Å². The summed E-state index contributed by atoms with van der Waals surface area (Å²) in [6, 6.07) is -0.362. The van der Waals surface area contributed by atoms with Crippen LogP contribution in [0.4, 0.5) is 5.13 Å². The van der Waals surface area contributed by atoms with E-state index >= 15 is 0 Å². The molecule has 96 valence electrons. The van der Waals surface area contributed by atoms with Gasteiger partial charge in [0.15, 0.2) is 5.13 Å². The summed E-state index contributed by atoms with van der Waals surface area (Å²) in [7, 11) is 0. The molecule has 18 heavy (non-hydrogen) atoms. The van der Waals surface area contributed by atoms with E-state index in [4.69, 9.17) is 0 Å². The number of thiazole rings is 1. The minimum atomic E-state index is -0.362. The third-order valence-electron chi connectivity index (χ3n) is 3.41. The molecule has 0 spiro atoms. The number of amides is 2. The molecule has 5 nitrogen and oxygen atoms in total. The summed E-state index contributed by atoms with van der Waals surface area (Å²) in [4.78, 5) is 29.7. The molecule has 0 bridgehead atoms. The minimum absolute atomic E-state index is 0.0850. The largest absolute Gasteiger partial charge is 0.315 e. The second-order valence-electron chi connectivity index (χ2n) is 4.59. The first-order valence-electron chi connectivity index (χ1n) is 5.77. The van der Waals surface area contributed by atoms with E-state index in [-0.39, 0.29) is 22.7 Å². The molecule has 1 aromatic heterocycles. The molecule has 3 heterocycles. The third kappa shape index (κ3) is 1.81. The average molecular weight is 283 g/mol. The van der Waals surface area contributed by atoms with E-state index < -0.39 is 0 Å². The van der Waals surface area contributed by atoms with Crippen molar-refractivity contribution in [1.82, 2.24) is 9.88 Å². The molecular weight excluding hydrogens is 270 g/mol. The molecule has 0 aliphatic carbocycles. The Morgan fingerprint density at radius 2 is 2.50 bits per heavy atom. The van der Waals surface area contributed by atoms with Crippen molar-refractivity contribution < 1.29 is 9.59 Å². The van der Waals surface area contributed by atoms with E-state index in [1.54, 1.807) is 22.9 Å². The highest BCUT2D eigenvalue weighted by molar-refractivity contribution is 8.01. The van der Waals surface area contributed by atoms with Crippen LogP contribution in [0.25, 0.3) is 0 Å². The second-order valence-corrected chi connectivity index (χ2v) is 6.99. The molecule has 2 atom stereocenters. The zero-order chi connectivity index (χ0) is 12.8. The van der Waals surface area contributed by atoms with Crippen LogP contribution in [0.15, 0.2) is 11.6 Å². The fraction of sp³-hybridized carbons (Fsp3) is 0.545. The lowest BCUT2D eigenvalue weighted by Crippen LogP contribution is -2.48. The molecule has 0 aromatic carbocycles. The van der Waals surface area contributed by atoms with Gasteiger partial charge in [0.2, 0.25) is 11.8 Å². The Bertz CT molecular complexity index is 490. The van der Waals surface area contributed by atoms with Gasteiger partial charge in [-0.15, -0.1) is 23.1 Å². The lowest BCUT2D eigenvalue weighted by molar-refractivity contribution is -0.135. The Hall–Kier alpha value is -1.08. The van der Waals surface area contributed by atoms with Crippen molar-refractivity contribution in [3.8, 4) is 0 Å². The Kier molecular flexibility index (Phi) is 2.82. The van der Waals surface area contributed by atoms with Gasteiger partial charge >= 0.3 is 0 Å². The Balaban J connectivity index is 1.77. The third-order valence-corrected chi connectivity index (χ3v) is 5.60. The molecule has 2 fully saturated rings. The predicted octanol–water partition coefficient (Wildman–Crippen LogP) is 1.54. The molecule has 3 rings (SSSR count). The zero-order valence-corrected chi connectivity index (χ0v) is 11.5. The van der Waals surface area contributed by atoms with E-state index in [0.29, 0.717) is 17.3 Å². The topological polar surface area (TPSA) is 62.3 Å². The summed E-state index contributed by atoms with van der Waals surface area (Å²) < 4.78 is 0. The van der Waals surface area contributed by atoms with Crippen molar-refractivity contribution in [3.05, 3.63) is 11.6 Å². The molecule has 1 aromatic rings. The quantitative estimate of drug-likeness (QED) is 0.894. The van der Waals surface area contributed by atoms with Crippen LogP contribution in [0.2, 0.25) is 0 Å². The summed E-state index contributed by atoms with van der Waals surface area (Å²) in [5, 5.41) is 5.17. The molecule has 2 aliphatic heterocycles. The molecule has 2 amide bonds. The van der Waals surface area contributed by atoms with Crippen molar-refractivity contribution >= 4 is 40.0 Å². The van der Waals surface area contributed by atoms with Crippen molar-refractivity contribution in [2.24, 2.45) is 0 Å². The molecule has 1 N–H and O–H groups in total. The van der Waals surface area contributed by atoms with Crippen LogP contribution in [0.5, 0.6) is 0 Å². The van der Waals surface area contributed by atoms with Crippen LogP contribution < -0.4 is 5.32 Å². The van der Waals surface area contributed by atoms with Gasteiger partial charge in [-0.05, 0) is 13.3 Å². The molecule has 0 saturated carbocycles. The van der Waals surface area contributed by atoms with Gasteiger partial charge in [0.05, 0.1) is 4.87 Å². The number of thioether (sulfide) groups is 1. The van der Waals surface area contributed by atoms with Gasteiger partial charge in [0, 0.05) is 23.8 Å². The van der Waals surface area contributed by atoms with E-state index in [1.807, 2.05) is 12.3 Å². The first-order valence-corrected chi connectivity index (χ1v) is 7.63. The zero-order valence-electron chi connectivity index (χ0n) is 9.88. The molecule has 0 radical (unpaired) electrons. The number of carbonyl (C=O) groups is 2. The number of aromatic nitrogens is 1. The SMILES string of the molecule is C[C@@]12CCC(=O)N1[C@H](C(=O)Nc1nccs1)CS2. The molecule has 2 aliphatic rings. The fourth-order valence-corrected chi connectivity index (χ4v) is 4.45. The smallest absolute Gasteiger partial charge is 0.249 e. The van der Waals surface area contributed by atoms with Crippen molar-refractivity contribution in [3.63, 3.8) is 0 Å². The van der Waals surface area contributed by atoms with E-state index in [2.05, 4.69) is 10.3 Å². The summed E-state index contributed by atoms with van der Waals surface area (Å²) in [5.41, 5.74) is 0. The van der Waals surface area contributed by atoms with Crippen LogP contribution in [-0.4, -0.2) is 38.4 Å². The van der Waals surface area contributed by atoms with E-state index in [1.165, 1.54) is 11.3 Å². The van der Waals surface area contributed by atoms with Gasteiger partial charge in [-0.25, -0.2) is 4.98 Å². The number of anilines is 1. The number of nitrogens with one attached hydrogen (secondary N) is 1. The first-order chi connectivity index (χ1) is 8.60. The van der Waals surface area contributed by atoms with E-state index in [0.717, 1.165) is 6.42 Å². The maximum Gasteiger partial charge on any atom is 0.249 e. The Labute approximate surface area is 113 Å². The van der Waals surface area contributed by atoms with E-state index in [9.17, 15) is 9.59 Å². The summed E-state index contributed by atoms with van der Waals surface area (Å²) in [6.45, 7) is 2.04. The number of hydrogen-bond acceptors (Lipinski definition) is 5. The van der Waals surface area contributed by atoms with Gasteiger partial charge in [-0.1, -0.05) is 0 Å². The number of hydrogen-bond donors (Lipinski definition) is 1. The van der Waals surface area contributed by atoms with Gasteiger partial charge < -0.3 is 10.2 Å². The molecule has 7 heteroatoms. The number of rotatable bonds is 2. The lowest BCUT2D eigenvalue weighted by Gasteiger charge is -2.29. The van der Waals surface area contributed by atoms with Crippen molar-refractivity contribution in [1.29, 1.82) is 0 Å². The fourth-order valence-electron chi connectivity index (χ4n) is 2.49. The van der Waals surface area contributed by atoms with Gasteiger partial charge in [0.25, 0.3) is 0 Å². The number of nitrogens with zero attached hydrogens (tertiary/aromatic N) is 2. The summed E-state index contributed by atoms with van der Waals surface area (Å²) in [5.74, 6) is 0.623. The number of fused-ring (bicyclic) bond motifs is 1. The summed E-state index contributed by atoms with van der Waals surface area (Å²) in [6.07, 6.45) is 3.02.